The summed E-state index contributed by atoms with van der Waals surface area (Å²) >= 11 is 4.96. The van der Waals surface area contributed by atoms with Gasteiger partial charge in [-0.2, -0.15) is 0 Å². The summed E-state index contributed by atoms with van der Waals surface area (Å²) in [5.41, 5.74) is 3.37. The van der Waals surface area contributed by atoms with Crippen molar-refractivity contribution in [1.82, 2.24) is 10.7 Å². The van der Waals surface area contributed by atoms with E-state index in [0.29, 0.717) is 16.4 Å². The number of methoxy groups -OCH3 is 1. The van der Waals surface area contributed by atoms with Crippen LogP contribution in [0.5, 0.6) is 11.5 Å². The number of thiocarbonyl (C=S) groups is 1. The quantitative estimate of drug-likeness (QED) is 0.325. The monoisotopic (exact) mass is 254 g/mol. The van der Waals surface area contributed by atoms with Gasteiger partial charge in [0.25, 0.3) is 0 Å². The minimum atomic E-state index is 0.0821. The zero-order chi connectivity index (χ0) is 12.7. The number of ether oxygens (including phenoxy) is 1. The van der Waals surface area contributed by atoms with Gasteiger partial charge in [-0.1, -0.05) is 6.07 Å². The number of phenolic OH excluding ortho intramolecular Hbond substituents is 1. The Balaban J connectivity index is 2.68. The number of benzene rings is 1. The molecule has 17 heavy (non-hydrogen) atoms. The summed E-state index contributed by atoms with van der Waals surface area (Å²) in [7, 11) is 1.50. The van der Waals surface area contributed by atoms with Crippen molar-refractivity contribution >= 4 is 23.5 Å². The van der Waals surface area contributed by atoms with E-state index in [4.69, 9.17) is 17.0 Å². The van der Waals surface area contributed by atoms with Crippen LogP contribution in [0.25, 0.3) is 0 Å². The molecule has 1 rings (SSSR count). The van der Waals surface area contributed by atoms with Gasteiger partial charge in [-0.3, -0.25) is 0 Å². The van der Waals surface area contributed by atoms with Gasteiger partial charge in [-0.05, 0) is 31.3 Å². The highest BCUT2D eigenvalue weighted by Gasteiger charge is 2.06. The third-order valence-corrected chi connectivity index (χ3v) is 2.25. The topological polar surface area (TPSA) is 67.5 Å². The molecule has 5 nitrogen and oxygen atoms in total. The second kappa shape index (κ2) is 6.70. The summed E-state index contributed by atoms with van der Waals surface area (Å²) in [6.07, 6.45) is 1.60. The fraction of sp³-hybridized carbons (Fsp3) is 0.273. The summed E-state index contributed by atoms with van der Waals surface area (Å²) < 4.78 is 5.00. The predicted octanol–water partition coefficient (Wildman–Crippen LogP) is -0.701. The first-order chi connectivity index (χ1) is 8.19. The van der Waals surface area contributed by atoms with E-state index >= 15 is 0 Å². The van der Waals surface area contributed by atoms with Crippen molar-refractivity contribution in [3.05, 3.63) is 23.8 Å². The van der Waals surface area contributed by atoms with Crippen molar-refractivity contribution < 1.29 is 14.9 Å². The van der Waals surface area contributed by atoms with Crippen molar-refractivity contribution in [3.8, 4) is 11.5 Å². The maximum Gasteiger partial charge on any atom is 0.223 e. The largest absolute Gasteiger partial charge is 0.504 e. The maximum atomic E-state index is 9.78. The standard InChI is InChI=1S/C11H15N3O2S/c1-3-12-11(17)14-13-7-8-5-4-6-9(16-2)10(8)15/h4-7,15H,3H2,1-2H3,(H2,12,14,17)/p+1. The van der Waals surface area contributed by atoms with Crippen LogP contribution in [0.2, 0.25) is 0 Å². The molecule has 0 aromatic heterocycles. The van der Waals surface area contributed by atoms with Crippen molar-refractivity contribution in [2.24, 2.45) is 0 Å². The van der Waals surface area contributed by atoms with Crippen LogP contribution in [0, 0.1) is 0 Å². The third kappa shape index (κ3) is 3.92. The number of hydrogen-bond acceptors (Lipinski definition) is 3. The molecule has 1 aromatic rings. The van der Waals surface area contributed by atoms with Gasteiger partial charge >= 0.3 is 0 Å². The first kappa shape index (κ1) is 13.2. The Hall–Kier alpha value is -1.82. The molecular formula is C11H16N3O2S+. The smallest absolute Gasteiger partial charge is 0.223 e. The number of phenols is 1. The first-order valence-electron chi connectivity index (χ1n) is 5.17. The van der Waals surface area contributed by atoms with Crippen LogP contribution in [0.1, 0.15) is 12.5 Å². The molecule has 4 N–H and O–H groups in total. The minimum Gasteiger partial charge on any atom is -0.504 e. The van der Waals surface area contributed by atoms with Gasteiger partial charge in [-0.25, -0.2) is 0 Å². The molecule has 0 heterocycles. The van der Waals surface area contributed by atoms with Gasteiger partial charge < -0.3 is 15.2 Å². The van der Waals surface area contributed by atoms with E-state index in [1.807, 2.05) is 6.92 Å². The Bertz CT molecular complexity index is 421. The highest BCUT2D eigenvalue weighted by atomic mass is 32.1. The molecule has 0 saturated carbocycles. The molecule has 0 bridgehead atoms. The summed E-state index contributed by atoms with van der Waals surface area (Å²) in [6.45, 7) is 2.70. The summed E-state index contributed by atoms with van der Waals surface area (Å²) in [4.78, 5) is 0. The fourth-order valence-corrected chi connectivity index (χ4v) is 1.41. The molecule has 0 atom stereocenters. The summed E-state index contributed by atoms with van der Waals surface area (Å²) in [5, 5.41) is 16.0. The van der Waals surface area contributed by atoms with E-state index in [9.17, 15) is 5.11 Å². The lowest BCUT2D eigenvalue weighted by molar-refractivity contribution is -0.500. The Morgan fingerprint density at radius 1 is 1.59 bits per heavy atom. The van der Waals surface area contributed by atoms with E-state index in [0.717, 1.165) is 6.54 Å². The minimum absolute atomic E-state index is 0.0821. The van der Waals surface area contributed by atoms with E-state index in [1.54, 1.807) is 24.4 Å². The van der Waals surface area contributed by atoms with Crippen molar-refractivity contribution in [2.75, 3.05) is 13.7 Å². The van der Waals surface area contributed by atoms with Crippen LogP contribution in [-0.4, -0.2) is 30.1 Å². The van der Waals surface area contributed by atoms with E-state index in [1.165, 1.54) is 7.11 Å². The highest BCUT2D eigenvalue weighted by molar-refractivity contribution is 7.80. The molecule has 0 fully saturated rings. The van der Waals surface area contributed by atoms with Gasteiger partial charge in [0.1, 0.15) is 0 Å². The van der Waals surface area contributed by atoms with Crippen LogP contribution in [0.3, 0.4) is 0 Å². The van der Waals surface area contributed by atoms with Gasteiger partial charge in [0.2, 0.25) is 11.3 Å². The highest BCUT2D eigenvalue weighted by Crippen LogP contribution is 2.27. The van der Waals surface area contributed by atoms with Crippen LogP contribution in [0.4, 0.5) is 0 Å². The predicted molar refractivity (Wildman–Crippen MR) is 70.2 cm³/mol. The van der Waals surface area contributed by atoms with Gasteiger partial charge in [0.15, 0.2) is 11.5 Å². The number of hydrogen-bond donors (Lipinski definition) is 4. The van der Waals surface area contributed by atoms with Crippen LogP contribution in [-0.2, 0) is 0 Å². The summed E-state index contributed by atoms with van der Waals surface area (Å²) in [5.74, 6) is 0.508. The van der Waals surface area contributed by atoms with Gasteiger partial charge in [-0.15, -0.1) is 10.5 Å². The third-order valence-electron chi connectivity index (χ3n) is 2.00. The fourth-order valence-electron chi connectivity index (χ4n) is 1.20. The number of rotatable bonds is 4. The number of aromatic hydroxyl groups is 1. The maximum absolute atomic E-state index is 9.78. The van der Waals surface area contributed by atoms with Crippen LogP contribution < -0.4 is 20.6 Å². The SMILES string of the molecule is CCNC(=S)N[NH+]=Cc1cccc(OC)c1O. The molecule has 0 aliphatic heterocycles. The van der Waals surface area contributed by atoms with Crippen molar-refractivity contribution in [1.29, 1.82) is 0 Å². The van der Waals surface area contributed by atoms with Gasteiger partial charge in [0, 0.05) is 6.54 Å². The molecular weight excluding hydrogens is 238 g/mol. The molecule has 1 aromatic carbocycles. The Labute approximate surface area is 105 Å². The molecule has 92 valence electrons. The Morgan fingerprint density at radius 2 is 2.35 bits per heavy atom. The number of hydrazone groups is 1. The lowest BCUT2D eigenvalue weighted by Crippen LogP contribution is -2.82. The molecule has 0 aliphatic rings. The van der Waals surface area contributed by atoms with E-state index in [2.05, 4.69) is 15.8 Å². The molecule has 0 saturated heterocycles. The number of nitrogens with one attached hydrogen (secondary N) is 3. The lowest BCUT2D eigenvalue weighted by Gasteiger charge is -2.03. The molecule has 0 aliphatic carbocycles. The van der Waals surface area contributed by atoms with E-state index in [-0.39, 0.29) is 5.75 Å². The lowest BCUT2D eigenvalue weighted by atomic mass is 10.2. The summed E-state index contributed by atoms with van der Waals surface area (Å²) in [6, 6.07) is 5.22. The molecule has 0 spiro atoms. The van der Waals surface area contributed by atoms with E-state index < -0.39 is 0 Å². The first-order valence-corrected chi connectivity index (χ1v) is 5.58. The average Bonchev–Trinajstić information content (AvgIpc) is 2.32. The Morgan fingerprint density at radius 3 is 3.00 bits per heavy atom. The van der Waals surface area contributed by atoms with Crippen molar-refractivity contribution in [2.45, 2.75) is 6.92 Å². The number of para-hydroxylation sites is 1. The molecule has 0 unspecified atom stereocenters. The number of hydrazine groups is 1. The van der Waals surface area contributed by atoms with Crippen LogP contribution in [0.15, 0.2) is 18.2 Å². The zero-order valence-electron chi connectivity index (χ0n) is 9.78. The zero-order valence-corrected chi connectivity index (χ0v) is 10.6. The normalized spacial score (nSPS) is 10.2. The van der Waals surface area contributed by atoms with Crippen molar-refractivity contribution in [3.63, 3.8) is 0 Å². The second-order valence-electron chi connectivity index (χ2n) is 3.17. The molecule has 6 heteroatoms. The Kier molecular flexibility index (Phi) is 5.22. The molecule has 0 amide bonds. The second-order valence-corrected chi connectivity index (χ2v) is 3.58. The molecule has 0 radical (unpaired) electrons. The van der Waals surface area contributed by atoms with Gasteiger partial charge in [0.05, 0.1) is 12.7 Å². The average molecular weight is 254 g/mol. The van der Waals surface area contributed by atoms with Crippen LogP contribution >= 0.6 is 12.2 Å².